The Labute approximate surface area is 114 Å². The molecule has 0 aliphatic heterocycles. The molecule has 1 aliphatic rings. The van der Waals surface area contributed by atoms with Crippen LogP contribution in [0.5, 0.6) is 0 Å². The van der Waals surface area contributed by atoms with Gasteiger partial charge in [0.15, 0.2) is 11.6 Å². The minimum absolute atomic E-state index is 0.418. The van der Waals surface area contributed by atoms with Gasteiger partial charge in [0.1, 0.15) is 0 Å². The van der Waals surface area contributed by atoms with Crippen LogP contribution in [0.4, 0.5) is 8.78 Å². The second-order valence-corrected chi connectivity index (χ2v) is 5.40. The Morgan fingerprint density at radius 1 is 1.11 bits per heavy atom. The minimum atomic E-state index is -0.821. The molecule has 1 aromatic rings. The SMILES string of the molecule is CCC[C@H]1CC[C@H](C#Cc2ccc(F)c(F)c2)CC1. The van der Waals surface area contributed by atoms with Gasteiger partial charge >= 0.3 is 0 Å². The number of hydrogen-bond acceptors (Lipinski definition) is 0. The van der Waals surface area contributed by atoms with Crippen molar-refractivity contribution in [2.45, 2.75) is 45.4 Å². The molecule has 0 heterocycles. The molecule has 0 amide bonds. The fraction of sp³-hybridized carbons (Fsp3) is 0.529. The van der Waals surface area contributed by atoms with Gasteiger partial charge in [-0.2, -0.15) is 0 Å². The second kappa shape index (κ2) is 6.70. The fourth-order valence-electron chi connectivity index (χ4n) is 2.76. The summed E-state index contributed by atoms with van der Waals surface area (Å²) in [7, 11) is 0. The van der Waals surface area contributed by atoms with E-state index in [1.54, 1.807) is 0 Å². The van der Waals surface area contributed by atoms with Crippen LogP contribution in [0.2, 0.25) is 0 Å². The molecule has 0 nitrogen and oxygen atoms in total. The lowest BCUT2D eigenvalue weighted by atomic mass is 9.80. The van der Waals surface area contributed by atoms with Gasteiger partial charge in [0.05, 0.1) is 0 Å². The summed E-state index contributed by atoms with van der Waals surface area (Å²) in [5, 5.41) is 0. The number of hydrogen-bond donors (Lipinski definition) is 0. The highest BCUT2D eigenvalue weighted by Gasteiger charge is 2.18. The second-order valence-electron chi connectivity index (χ2n) is 5.40. The fourth-order valence-corrected chi connectivity index (χ4v) is 2.76. The lowest BCUT2D eigenvalue weighted by Gasteiger charge is -2.25. The van der Waals surface area contributed by atoms with Crippen LogP contribution in [0.15, 0.2) is 18.2 Å². The van der Waals surface area contributed by atoms with Gasteiger partial charge in [0.25, 0.3) is 0 Å². The summed E-state index contributed by atoms with van der Waals surface area (Å²) >= 11 is 0. The molecule has 1 saturated carbocycles. The van der Waals surface area contributed by atoms with Crippen LogP contribution in [0.3, 0.4) is 0 Å². The summed E-state index contributed by atoms with van der Waals surface area (Å²) in [5.74, 6) is 5.83. The topological polar surface area (TPSA) is 0 Å². The summed E-state index contributed by atoms with van der Waals surface area (Å²) < 4.78 is 25.8. The zero-order valence-corrected chi connectivity index (χ0v) is 11.4. The first-order chi connectivity index (χ1) is 9.19. The van der Waals surface area contributed by atoms with E-state index in [4.69, 9.17) is 0 Å². The molecular weight excluding hydrogens is 242 g/mol. The van der Waals surface area contributed by atoms with Crippen molar-refractivity contribution in [3.8, 4) is 11.8 Å². The molecule has 0 radical (unpaired) electrons. The molecule has 2 rings (SSSR count). The smallest absolute Gasteiger partial charge is 0.160 e. The highest BCUT2D eigenvalue weighted by atomic mass is 19.2. The van der Waals surface area contributed by atoms with Crippen LogP contribution in [0.1, 0.15) is 51.0 Å². The van der Waals surface area contributed by atoms with Crippen molar-refractivity contribution in [2.24, 2.45) is 11.8 Å². The predicted octanol–water partition coefficient (Wildman–Crippen LogP) is 4.92. The predicted molar refractivity (Wildman–Crippen MR) is 73.6 cm³/mol. The van der Waals surface area contributed by atoms with Gasteiger partial charge in [-0.25, -0.2) is 8.78 Å². The zero-order chi connectivity index (χ0) is 13.7. The van der Waals surface area contributed by atoms with Crippen LogP contribution in [-0.2, 0) is 0 Å². The highest BCUT2D eigenvalue weighted by Crippen LogP contribution is 2.31. The average molecular weight is 262 g/mol. The van der Waals surface area contributed by atoms with Gasteiger partial charge in [-0.1, -0.05) is 31.6 Å². The van der Waals surface area contributed by atoms with Gasteiger partial charge in [-0.15, -0.1) is 0 Å². The Morgan fingerprint density at radius 2 is 1.84 bits per heavy atom. The van der Waals surface area contributed by atoms with Crippen LogP contribution < -0.4 is 0 Å². The summed E-state index contributed by atoms with van der Waals surface area (Å²) in [6.07, 6.45) is 7.37. The molecule has 0 unspecified atom stereocenters. The third-order valence-electron chi connectivity index (χ3n) is 3.88. The number of rotatable bonds is 2. The summed E-state index contributed by atoms with van der Waals surface area (Å²) in [5.41, 5.74) is 0.564. The summed E-state index contributed by atoms with van der Waals surface area (Å²) in [4.78, 5) is 0. The van der Waals surface area contributed by atoms with Gasteiger partial charge < -0.3 is 0 Å². The van der Waals surface area contributed by atoms with Crippen molar-refractivity contribution in [1.82, 2.24) is 0 Å². The van der Waals surface area contributed by atoms with E-state index < -0.39 is 11.6 Å². The Morgan fingerprint density at radius 3 is 2.47 bits per heavy atom. The lowest BCUT2D eigenvalue weighted by Crippen LogP contribution is -2.13. The van der Waals surface area contributed by atoms with E-state index in [2.05, 4.69) is 18.8 Å². The van der Waals surface area contributed by atoms with Crippen LogP contribution in [0.25, 0.3) is 0 Å². The molecule has 0 N–H and O–H groups in total. The number of benzene rings is 1. The molecule has 2 heteroatoms. The van der Waals surface area contributed by atoms with Crippen molar-refractivity contribution in [3.05, 3.63) is 35.4 Å². The average Bonchev–Trinajstić information content (AvgIpc) is 2.42. The maximum Gasteiger partial charge on any atom is 0.160 e. The maximum atomic E-state index is 13.0. The number of halogens is 2. The minimum Gasteiger partial charge on any atom is -0.204 e. The van der Waals surface area contributed by atoms with Gasteiger partial charge in [-0.3, -0.25) is 0 Å². The molecule has 19 heavy (non-hydrogen) atoms. The third-order valence-corrected chi connectivity index (χ3v) is 3.88. The largest absolute Gasteiger partial charge is 0.204 e. The summed E-state index contributed by atoms with van der Waals surface area (Å²) in [6.45, 7) is 2.23. The van der Waals surface area contributed by atoms with Crippen LogP contribution in [-0.4, -0.2) is 0 Å². The molecule has 1 aliphatic carbocycles. The molecule has 0 atom stereocenters. The Kier molecular flexibility index (Phi) is 4.96. The van der Waals surface area contributed by atoms with Crippen molar-refractivity contribution in [2.75, 3.05) is 0 Å². The van der Waals surface area contributed by atoms with Crippen molar-refractivity contribution < 1.29 is 8.78 Å². The van der Waals surface area contributed by atoms with Crippen molar-refractivity contribution in [1.29, 1.82) is 0 Å². The van der Waals surface area contributed by atoms with E-state index in [0.29, 0.717) is 11.5 Å². The highest BCUT2D eigenvalue weighted by molar-refractivity contribution is 5.35. The normalized spacial score (nSPS) is 22.7. The molecule has 1 aromatic carbocycles. The van der Waals surface area contributed by atoms with Crippen molar-refractivity contribution in [3.63, 3.8) is 0 Å². The molecule has 0 spiro atoms. The maximum absolute atomic E-state index is 13.0. The zero-order valence-electron chi connectivity index (χ0n) is 11.4. The first-order valence-corrected chi connectivity index (χ1v) is 7.15. The standard InChI is InChI=1S/C17H20F2/c1-2-3-13-4-6-14(7-5-13)8-9-15-10-11-16(18)17(19)12-15/h10-14H,2-7H2,1H3/t13-,14-. The molecule has 0 saturated heterocycles. The summed E-state index contributed by atoms with van der Waals surface area (Å²) in [6, 6.07) is 3.84. The van der Waals surface area contributed by atoms with Crippen LogP contribution in [0, 0.1) is 35.3 Å². The lowest BCUT2D eigenvalue weighted by molar-refractivity contribution is 0.300. The quantitative estimate of drug-likeness (QED) is 0.663. The molecule has 0 aromatic heterocycles. The van der Waals surface area contributed by atoms with Gasteiger partial charge in [0.2, 0.25) is 0 Å². The van der Waals surface area contributed by atoms with Crippen LogP contribution >= 0.6 is 0 Å². The van der Waals surface area contributed by atoms with Crippen molar-refractivity contribution >= 4 is 0 Å². The van der Waals surface area contributed by atoms with Gasteiger partial charge in [0, 0.05) is 11.5 Å². The first kappa shape index (κ1) is 14.1. The Bertz CT molecular complexity index is 474. The monoisotopic (exact) mass is 262 g/mol. The van der Waals surface area contributed by atoms with E-state index in [0.717, 1.165) is 24.8 Å². The Balaban J connectivity index is 1.92. The van der Waals surface area contributed by atoms with E-state index in [1.165, 1.54) is 37.8 Å². The van der Waals surface area contributed by atoms with Gasteiger partial charge in [-0.05, 0) is 49.8 Å². The van der Waals surface area contributed by atoms with E-state index >= 15 is 0 Å². The Hall–Kier alpha value is -1.36. The molecular formula is C17H20F2. The first-order valence-electron chi connectivity index (χ1n) is 7.15. The molecule has 0 bridgehead atoms. The molecule has 1 fully saturated rings. The van der Waals surface area contributed by atoms with E-state index in [-0.39, 0.29) is 0 Å². The van der Waals surface area contributed by atoms with E-state index in [1.807, 2.05) is 0 Å². The third kappa shape index (κ3) is 4.06. The molecule has 102 valence electrons. The van der Waals surface area contributed by atoms with E-state index in [9.17, 15) is 8.78 Å².